The molecule has 0 unspecified atom stereocenters. The number of carbonyl (C=O) groups is 4. The predicted molar refractivity (Wildman–Crippen MR) is 137 cm³/mol. The van der Waals surface area contributed by atoms with Gasteiger partial charge in [-0.3, -0.25) is 9.59 Å². The molecule has 0 radical (unpaired) electrons. The van der Waals surface area contributed by atoms with Gasteiger partial charge in [0.25, 0.3) is 11.8 Å². The van der Waals surface area contributed by atoms with E-state index in [4.69, 9.17) is 14.2 Å². The van der Waals surface area contributed by atoms with Crippen LogP contribution in [0.3, 0.4) is 0 Å². The minimum absolute atomic E-state index is 0.106. The maximum atomic E-state index is 13.0. The van der Waals surface area contributed by atoms with Crippen molar-refractivity contribution in [3.63, 3.8) is 0 Å². The second kappa shape index (κ2) is 11.2. The molecule has 1 heterocycles. The first-order valence-corrected chi connectivity index (χ1v) is 11.7. The Morgan fingerprint density at radius 1 is 0.895 bits per heavy atom. The number of amides is 2. The molecule has 0 bridgehead atoms. The largest absolute Gasteiger partial charge is 0.490 e. The van der Waals surface area contributed by atoms with E-state index in [2.05, 4.69) is 0 Å². The van der Waals surface area contributed by atoms with Crippen molar-refractivity contribution < 1.29 is 33.4 Å². The van der Waals surface area contributed by atoms with Gasteiger partial charge in [-0.05, 0) is 68.0 Å². The van der Waals surface area contributed by atoms with Gasteiger partial charge in [0.05, 0.1) is 35.6 Å². The number of hydrogen-bond acceptors (Lipinski definition) is 8. The summed E-state index contributed by atoms with van der Waals surface area (Å²) < 4.78 is 16.0. The number of rotatable bonds is 8. The van der Waals surface area contributed by atoms with Crippen LogP contribution in [-0.4, -0.2) is 37.0 Å². The van der Waals surface area contributed by atoms with Crippen molar-refractivity contribution in [1.82, 2.24) is 0 Å². The zero-order valence-electron chi connectivity index (χ0n) is 20.6. The fraction of sp³-hybridized carbons (Fsp3) is 0.138. The number of nitriles is 1. The van der Waals surface area contributed by atoms with E-state index in [0.29, 0.717) is 16.7 Å². The van der Waals surface area contributed by atoms with E-state index in [1.165, 1.54) is 30.3 Å². The molecule has 190 valence electrons. The minimum Gasteiger partial charge on any atom is -0.490 e. The van der Waals surface area contributed by atoms with Crippen LogP contribution in [-0.2, 0) is 9.53 Å². The van der Waals surface area contributed by atoms with Crippen LogP contribution < -0.4 is 14.4 Å². The third kappa shape index (κ3) is 5.15. The summed E-state index contributed by atoms with van der Waals surface area (Å²) in [7, 11) is 0. The molecule has 0 spiro atoms. The molecular formula is C29H22N2O7. The monoisotopic (exact) mass is 510 g/mol. The summed E-state index contributed by atoms with van der Waals surface area (Å²) in [6, 6.07) is 18.9. The number of hydrogen-bond donors (Lipinski definition) is 0. The molecule has 0 aromatic heterocycles. The van der Waals surface area contributed by atoms with Gasteiger partial charge in [-0.1, -0.05) is 24.3 Å². The van der Waals surface area contributed by atoms with Crippen LogP contribution in [0.5, 0.6) is 11.5 Å². The molecule has 3 aromatic carbocycles. The van der Waals surface area contributed by atoms with Gasteiger partial charge in [0, 0.05) is 0 Å². The molecule has 9 heteroatoms. The summed E-state index contributed by atoms with van der Waals surface area (Å²) in [4.78, 5) is 51.6. The van der Waals surface area contributed by atoms with Crippen LogP contribution in [0.15, 0.2) is 72.3 Å². The van der Waals surface area contributed by atoms with Crippen molar-refractivity contribution in [1.29, 1.82) is 5.26 Å². The summed E-state index contributed by atoms with van der Waals surface area (Å²) in [6.07, 6.45) is 1.34. The Labute approximate surface area is 218 Å². The fourth-order valence-electron chi connectivity index (χ4n) is 3.83. The van der Waals surface area contributed by atoms with Crippen molar-refractivity contribution in [2.75, 3.05) is 18.1 Å². The number of carbonyl (C=O) groups excluding carboxylic acids is 4. The number of ether oxygens (including phenoxy) is 3. The normalized spacial score (nSPS) is 12.6. The number of nitrogens with zero attached hydrogens (tertiary/aromatic N) is 2. The lowest BCUT2D eigenvalue weighted by atomic mass is 10.1. The average Bonchev–Trinajstić information content (AvgIpc) is 3.18. The van der Waals surface area contributed by atoms with Gasteiger partial charge in [0.2, 0.25) is 0 Å². The van der Waals surface area contributed by atoms with E-state index in [0.717, 1.165) is 4.90 Å². The SMILES string of the molecule is CCOC(=O)/C(C#N)=C/c1ccc(OC(=O)c2cccc(N3C(=O)c4ccccc4C3=O)c2)c(OCC)c1. The molecule has 0 N–H and O–H groups in total. The summed E-state index contributed by atoms with van der Waals surface area (Å²) >= 11 is 0. The Hall–Kier alpha value is -5.23. The predicted octanol–water partition coefficient (Wildman–Crippen LogP) is 4.58. The molecule has 38 heavy (non-hydrogen) atoms. The third-order valence-electron chi connectivity index (χ3n) is 5.53. The summed E-state index contributed by atoms with van der Waals surface area (Å²) in [5, 5.41) is 9.28. The number of benzene rings is 3. The lowest BCUT2D eigenvalue weighted by molar-refractivity contribution is -0.137. The van der Waals surface area contributed by atoms with Crippen LogP contribution >= 0.6 is 0 Å². The van der Waals surface area contributed by atoms with E-state index < -0.39 is 23.8 Å². The van der Waals surface area contributed by atoms with E-state index in [-0.39, 0.29) is 41.5 Å². The van der Waals surface area contributed by atoms with Crippen LogP contribution in [0.2, 0.25) is 0 Å². The minimum atomic E-state index is -0.749. The molecule has 2 amide bonds. The van der Waals surface area contributed by atoms with Crippen molar-refractivity contribution in [3.05, 3.63) is 94.6 Å². The van der Waals surface area contributed by atoms with Crippen LogP contribution in [0.4, 0.5) is 5.69 Å². The van der Waals surface area contributed by atoms with Crippen molar-refractivity contribution in [2.24, 2.45) is 0 Å². The molecule has 4 rings (SSSR count). The molecule has 0 saturated carbocycles. The van der Waals surface area contributed by atoms with Gasteiger partial charge in [0.1, 0.15) is 11.6 Å². The molecular weight excluding hydrogens is 488 g/mol. The lowest BCUT2D eigenvalue weighted by Gasteiger charge is -2.15. The van der Waals surface area contributed by atoms with Gasteiger partial charge in [0.15, 0.2) is 11.5 Å². The molecule has 9 nitrogen and oxygen atoms in total. The fourth-order valence-corrected chi connectivity index (χ4v) is 3.83. The van der Waals surface area contributed by atoms with Crippen LogP contribution in [0, 0.1) is 11.3 Å². The second-order valence-corrected chi connectivity index (χ2v) is 7.96. The molecule has 3 aromatic rings. The van der Waals surface area contributed by atoms with E-state index >= 15 is 0 Å². The van der Waals surface area contributed by atoms with Gasteiger partial charge >= 0.3 is 11.9 Å². The molecule has 0 aliphatic carbocycles. The molecule has 0 saturated heterocycles. The Morgan fingerprint density at radius 2 is 1.61 bits per heavy atom. The van der Waals surface area contributed by atoms with Gasteiger partial charge in [-0.25, -0.2) is 14.5 Å². The smallest absolute Gasteiger partial charge is 0.348 e. The topological polar surface area (TPSA) is 123 Å². The summed E-state index contributed by atoms with van der Waals surface area (Å²) in [6.45, 7) is 3.78. The Balaban J connectivity index is 1.58. The highest BCUT2D eigenvalue weighted by Crippen LogP contribution is 2.32. The molecule has 1 aliphatic rings. The first kappa shape index (κ1) is 25.9. The Morgan fingerprint density at radius 3 is 2.24 bits per heavy atom. The highest BCUT2D eigenvalue weighted by Gasteiger charge is 2.36. The van der Waals surface area contributed by atoms with Gasteiger partial charge in [-0.2, -0.15) is 5.26 Å². The Kier molecular flexibility index (Phi) is 7.63. The third-order valence-corrected chi connectivity index (χ3v) is 5.53. The van der Waals surface area contributed by atoms with Crippen molar-refractivity contribution in [3.8, 4) is 17.6 Å². The van der Waals surface area contributed by atoms with E-state index in [9.17, 15) is 24.4 Å². The molecule has 0 atom stereocenters. The van der Waals surface area contributed by atoms with Crippen LogP contribution in [0.25, 0.3) is 6.08 Å². The summed E-state index contributed by atoms with van der Waals surface area (Å²) in [5.41, 5.74) is 1.21. The maximum absolute atomic E-state index is 13.0. The Bertz CT molecular complexity index is 1480. The van der Waals surface area contributed by atoms with Gasteiger partial charge < -0.3 is 14.2 Å². The van der Waals surface area contributed by atoms with Crippen LogP contribution in [0.1, 0.15) is 50.5 Å². The summed E-state index contributed by atoms with van der Waals surface area (Å²) in [5.74, 6) is -2.11. The number of imide groups is 1. The highest BCUT2D eigenvalue weighted by atomic mass is 16.6. The van der Waals surface area contributed by atoms with E-state index in [1.54, 1.807) is 62.4 Å². The zero-order valence-corrected chi connectivity index (χ0v) is 20.6. The van der Waals surface area contributed by atoms with Crippen molar-refractivity contribution >= 4 is 35.5 Å². The number of anilines is 1. The average molecular weight is 511 g/mol. The molecule has 0 fully saturated rings. The van der Waals surface area contributed by atoms with Crippen molar-refractivity contribution in [2.45, 2.75) is 13.8 Å². The standard InChI is InChI=1S/C29H22N2O7/c1-3-36-25-15-18(14-20(17-30)28(34)37-4-2)12-13-24(25)38-29(35)19-8-7-9-21(16-19)31-26(32)22-10-5-6-11-23(22)27(31)33/h5-16H,3-4H2,1-2H3/b20-14+. The first-order valence-electron chi connectivity index (χ1n) is 11.7. The number of fused-ring (bicyclic) bond motifs is 1. The number of esters is 2. The van der Waals surface area contributed by atoms with E-state index in [1.807, 2.05) is 0 Å². The lowest BCUT2D eigenvalue weighted by Crippen LogP contribution is -2.29. The quantitative estimate of drug-likeness (QED) is 0.142. The maximum Gasteiger partial charge on any atom is 0.348 e. The second-order valence-electron chi connectivity index (χ2n) is 7.96. The highest BCUT2D eigenvalue weighted by molar-refractivity contribution is 6.34. The van der Waals surface area contributed by atoms with Gasteiger partial charge in [-0.15, -0.1) is 0 Å². The zero-order chi connectivity index (χ0) is 27.2. The molecule has 1 aliphatic heterocycles. The first-order chi connectivity index (χ1) is 18.4.